The Bertz CT molecular complexity index is 193. The number of hydrogen-bond acceptors (Lipinski definition) is 0. The van der Waals surface area contributed by atoms with Crippen molar-refractivity contribution in [1.29, 1.82) is 0 Å². The highest BCUT2D eigenvalue weighted by atomic mass is 14.6. The molecule has 0 radical (unpaired) electrons. The van der Waals surface area contributed by atoms with Crippen LogP contribution in [-0.2, 0) is 6.42 Å². The van der Waals surface area contributed by atoms with Crippen molar-refractivity contribution < 1.29 is 0 Å². The fourth-order valence-corrected chi connectivity index (χ4v) is 0.699. The van der Waals surface area contributed by atoms with E-state index in [1.807, 2.05) is 18.5 Å². The molecular formula is C7H8N2. The number of aromatic nitrogens is 1. The van der Waals surface area contributed by atoms with Gasteiger partial charge in [0.2, 0.25) is 6.54 Å². The van der Waals surface area contributed by atoms with Gasteiger partial charge in [-0.15, -0.1) is 0 Å². The van der Waals surface area contributed by atoms with Gasteiger partial charge in [-0.25, -0.2) is 6.57 Å². The zero-order chi connectivity index (χ0) is 6.53. The van der Waals surface area contributed by atoms with Crippen molar-refractivity contribution in [3.05, 3.63) is 35.4 Å². The van der Waals surface area contributed by atoms with Gasteiger partial charge in [-0.05, 0) is 11.6 Å². The van der Waals surface area contributed by atoms with E-state index < -0.39 is 0 Å². The molecular weight excluding hydrogens is 112 g/mol. The zero-order valence-corrected chi connectivity index (χ0v) is 5.09. The van der Waals surface area contributed by atoms with E-state index >= 15 is 0 Å². The van der Waals surface area contributed by atoms with Crippen LogP contribution < -0.4 is 0 Å². The maximum atomic E-state index is 6.52. The standard InChI is InChI=1S/C7H8N2/c1-8-4-2-7-3-5-9-6-7/h3,5-6,9H,2,4H2. The van der Waals surface area contributed by atoms with Crippen LogP contribution in [0, 0.1) is 6.57 Å². The van der Waals surface area contributed by atoms with E-state index in [4.69, 9.17) is 6.57 Å². The summed E-state index contributed by atoms with van der Waals surface area (Å²) in [7, 11) is 0. The lowest BCUT2D eigenvalue weighted by Gasteiger charge is -1.82. The van der Waals surface area contributed by atoms with E-state index in [1.165, 1.54) is 5.56 Å². The summed E-state index contributed by atoms with van der Waals surface area (Å²) < 4.78 is 0. The molecule has 46 valence electrons. The number of rotatable bonds is 2. The Morgan fingerprint density at radius 2 is 2.56 bits per heavy atom. The summed E-state index contributed by atoms with van der Waals surface area (Å²) >= 11 is 0. The number of nitrogens with one attached hydrogen (secondary N) is 1. The summed E-state index contributed by atoms with van der Waals surface area (Å²) in [5.74, 6) is 0. The third-order valence-corrected chi connectivity index (χ3v) is 1.17. The van der Waals surface area contributed by atoms with Crippen molar-refractivity contribution in [2.24, 2.45) is 0 Å². The van der Waals surface area contributed by atoms with Crippen molar-refractivity contribution in [1.82, 2.24) is 4.98 Å². The quantitative estimate of drug-likeness (QED) is 0.570. The Kier molecular flexibility index (Phi) is 1.92. The normalized spacial score (nSPS) is 8.78. The van der Waals surface area contributed by atoms with Crippen LogP contribution in [0.3, 0.4) is 0 Å². The van der Waals surface area contributed by atoms with E-state index in [-0.39, 0.29) is 0 Å². The van der Waals surface area contributed by atoms with Crippen molar-refractivity contribution in [2.45, 2.75) is 6.42 Å². The molecule has 2 nitrogen and oxygen atoms in total. The third-order valence-electron chi connectivity index (χ3n) is 1.17. The average molecular weight is 120 g/mol. The second-order valence-corrected chi connectivity index (χ2v) is 1.85. The molecule has 1 heterocycles. The first kappa shape index (κ1) is 5.90. The van der Waals surface area contributed by atoms with Gasteiger partial charge in [-0.1, -0.05) is 0 Å². The molecule has 1 N–H and O–H groups in total. The van der Waals surface area contributed by atoms with Crippen LogP contribution in [-0.4, -0.2) is 11.5 Å². The lowest BCUT2D eigenvalue weighted by atomic mass is 10.2. The van der Waals surface area contributed by atoms with E-state index in [9.17, 15) is 0 Å². The minimum Gasteiger partial charge on any atom is -0.367 e. The number of hydrogen-bond donors (Lipinski definition) is 1. The Balaban J connectivity index is 2.41. The second kappa shape index (κ2) is 2.93. The maximum absolute atomic E-state index is 6.52. The molecule has 0 aliphatic carbocycles. The average Bonchev–Trinajstić information content (AvgIpc) is 2.34. The molecule has 0 fully saturated rings. The van der Waals surface area contributed by atoms with Gasteiger partial charge in [0.25, 0.3) is 0 Å². The molecule has 0 unspecified atom stereocenters. The molecule has 0 aliphatic rings. The van der Waals surface area contributed by atoms with Gasteiger partial charge < -0.3 is 9.83 Å². The van der Waals surface area contributed by atoms with Gasteiger partial charge >= 0.3 is 0 Å². The summed E-state index contributed by atoms with van der Waals surface area (Å²) in [5.41, 5.74) is 1.21. The fraction of sp³-hybridized carbons (Fsp3) is 0.286. The molecule has 0 spiro atoms. The maximum Gasteiger partial charge on any atom is 0.218 e. The molecule has 0 saturated carbocycles. The van der Waals surface area contributed by atoms with Crippen LogP contribution in [0.5, 0.6) is 0 Å². The van der Waals surface area contributed by atoms with Gasteiger partial charge in [0.15, 0.2) is 0 Å². The van der Waals surface area contributed by atoms with Crippen LogP contribution in [0.15, 0.2) is 18.5 Å². The molecule has 0 bridgehead atoms. The third kappa shape index (κ3) is 1.61. The van der Waals surface area contributed by atoms with Gasteiger partial charge in [0.05, 0.1) is 0 Å². The monoisotopic (exact) mass is 120 g/mol. The fourth-order valence-electron chi connectivity index (χ4n) is 0.699. The molecule has 2 heteroatoms. The van der Waals surface area contributed by atoms with Crippen LogP contribution in [0.25, 0.3) is 4.85 Å². The molecule has 0 atom stereocenters. The highest BCUT2D eigenvalue weighted by molar-refractivity contribution is 5.08. The predicted molar refractivity (Wildman–Crippen MR) is 36.0 cm³/mol. The Morgan fingerprint density at radius 1 is 1.67 bits per heavy atom. The molecule has 0 aliphatic heterocycles. The zero-order valence-electron chi connectivity index (χ0n) is 5.09. The summed E-state index contributed by atoms with van der Waals surface area (Å²) in [6.45, 7) is 7.11. The minimum atomic E-state index is 0.595. The predicted octanol–water partition coefficient (Wildman–Crippen LogP) is 1.48. The summed E-state index contributed by atoms with van der Waals surface area (Å²) in [6, 6.07) is 1.99. The van der Waals surface area contributed by atoms with E-state index in [2.05, 4.69) is 9.83 Å². The molecule has 1 aromatic rings. The first-order valence-electron chi connectivity index (χ1n) is 2.88. The summed E-state index contributed by atoms with van der Waals surface area (Å²) in [6.07, 6.45) is 4.66. The Morgan fingerprint density at radius 3 is 3.11 bits per heavy atom. The first-order chi connectivity index (χ1) is 4.43. The molecule has 1 rings (SSSR count). The van der Waals surface area contributed by atoms with Crippen LogP contribution in [0.1, 0.15) is 5.56 Å². The number of aromatic amines is 1. The van der Waals surface area contributed by atoms with Crippen molar-refractivity contribution >= 4 is 0 Å². The highest BCUT2D eigenvalue weighted by Gasteiger charge is 1.91. The molecule has 0 amide bonds. The topological polar surface area (TPSA) is 20.1 Å². The highest BCUT2D eigenvalue weighted by Crippen LogP contribution is 1.96. The summed E-state index contributed by atoms with van der Waals surface area (Å²) in [4.78, 5) is 6.18. The first-order valence-corrected chi connectivity index (χ1v) is 2.88. The van der Waals surface area contributed by atoms with E-state index in [0.29, 0.717) is 6.54 Å². The van der Waals surface area contributed by atoms with E-state index in [1.54, 1.807) is 0 Å². The molecule has 0 aromatic carbocycles. The van der Waals surface area contributed by atoms with Crippen LogP contribution >= 0.6 is 0 Å². The van der Waals surface area contributed by atoms with Gasteiger partial charge in [0, 0.05) is 18.8 Å². The molecule has 0 saturated heterocycles. The number of H-pyrrole nitrogens is 1. The smallest absolute Gasteiger partial charge is 0.218 e. The lowest BCUT2D eigenvalue weighted by Crippen LogP contribution is -1.82. The lowest BCUT2D eigenvalue weighted by molar-refractivity contribution is 1.08. The van der Waals surface area contributed by atoms with Crippen molar-refractivity contribution in [3.8, 4) is 0 Å². The largest absolute Gasteiger partial charge is 0.367 e. The Labute approximate surface area is 54.3 Å². The summed E-state index contributed by atoms with van der Waals surface area (Å²) in [5, 5.41) is 0. The van der Waals surface area contributed by atoms with E-state index in [0.717, 1.165) is 6.42 Å². The van der Waals surface area contributed by atoms with Crippen LogP contribution in [0.2, 0.25) is 0 Å². The molecule has 9 heavy (non-hydrogen) atoms. The SMILES string of the molecule is [C-]#[N+]CCc1cc[nH]c1. The Hall–Kier alpha value is -1.23. The van der Waals surface area contributed by atoms with Crippen LogP contribution in [0.4, 0.5) is 0 Å². The van der Waals surface area contributed by atoms with Gasteiger partial charge in [-0.2, -0.15) is 0 Å². The van der Waals surface area contributed by atoms with Gasteiger partial charge in [-0.3, -0.25) is 0 Å². The second-order valence-electron chi connectivity index (χ2n) is 1.85. The molecule has 1 aromatic heterocycles. The minimum absolute atomic E-state index is 0.595. The number of nitrogens with zero attached hydrogens (tertiary/aromatic N) is 1. The van der Waals surface area contributed by atoms with Crippen molar-refractivity contribution in [2.75, 3.05) is 6.54 Å². The van der Waals surface area contributed by atoms with Crippen molar-refractivity contribution in [3.63, 3.8) is 0 Å². The van der Waals surface area contributed by atoms with Gasteiger partial charge in [0.1, 0.15) is 0 Å².